The molecule has 0 aromatic carbocycles. The maximum atomic E-state index is 4.02. The van der Waals surface area contributed by atoms with Crippen LogP contribution in [-0.4, -0.2) is 26.8 Å². The van der Waals surface area contributed by atoms with Crippen LogP contribution in [-0.2, 0) is 13.1 Å². The zero-order chi connectivity index (χ0) is 12.3. The van der Waals surface area contributed by atoms with Crippen LogP contribution in [0, 0.1) is 0 Å². The van der Waals surface area contributed by atoms with Crippen LogP contribution in [0.5, 0.6) is 0 Å². The third-order valence-electron chi connectivity index (χ3n) is 2.86. The fourth-order valence-electron chi connectivity index (χ4n) is 1.80. The van der Waals surface area contributed by atoms with Gasteiger partial charge in [0.15, 0.2) is 5.82 Å². The number of hydrogen-bond donors (Lipinski definition) is 1. The number of nitrogens with one attached hydrogen (secondary N) is 1. The quantitative estimate of drug-likeness (QED) is 0.636. The van der Waals surface area contributed by atoms with Gasteiger partial charge in [-0.1, -0.05) is 46.0 Å². The van der Waals surface area contributed by atoms with Crippen molar-refractivity contribution in [2.75, 3.05) is 6.54 Å². The number of aromatic nitrogens is 4. The zero-order valence-electron chi connectivity index (χ0n) is 11.2. The second-order valence-corrected chi connectivity index (χ2v) is 4.37. The Hall–Kier alpha value is -0.970. The summed E-state index contributed by atoms with van der Waals surface area (Å²) < 4.78 is 1.92. The molecule has 17 heavy (non-hydrogen) atoms. The van der Waals surface area contributed by atoms with Gasteiger partial charge in [-0.15, -0.1) is 5.10 Å². The Bertz CT molecular complexity index is 284. The van der Waals surface area contributed by atoms with Crippen molar-refractivity contribution >= 4 is 0 Å². The van der Waals surface area contributed by atoms with E-state index in [2.05, 4.69) is 34.7 Å². The SMILES string of the molecule is CCCCCCCCn1nnnc1CNCC. The highest BCUT2D eigenvalue weighted by Gasteiger charge is 2.04. The Morgan fingerprint density at radius 1 is 1.06 bits per heavy atom. The molecule has 98 valence electrons. The molecule has 1 N–H and O–H groups in total. The molecule has 0 aliphatic carbocycles. The molecule has 0 bridgehead atoms. The minimum Gasteiger partial charge on any atom is -0.310 e. The Morgan fingerprint density at radius 3 is 2.59 bits per heavy atom. The smallest absolute Gasteiger partial charge is 0.165 e. The number of hydrogen-bond acceptors (Lipinski definition) is 4. The molecule has 0 aliphatic rings. The molecule has 1 aromatic heterocycles. The molecular weight excluding hydrogens is 214 g/mol. The van der Waals surface area contributed by atoms with E-state index >= 15 is 0 Å². The monoisotopic (exact) mass is 239 g/mol. The van der Waals surface area contributed by atoms with E-state index in [-0.39, 0.29) is 0 Å². The van der Waals surface area contributed by atoms with Gasteiger partial charge < -0.3 is 5.32 Å². The van der Waals surface area contributed by atoms with E-state index in [1.165, 1.54) is 38.5 Å². The van der Waals surface area contributed by atoms with Crippen molar-refractivity contribution in [1.29, 1.82) is 0 Å². The Morgan fingerprint density at radius 2 is 1.82 bits per heavy atom. The number of unbranched alkanes of at least 4 members (excludes halogenated alkanes) is 5. The van der Waals surface area contributed by atoms with Gasteiger partial charge in [-0.05, 0) is 23.4 Å². The highest BCUT2D eigenvalue weighted by Crippen LogP contribution is 2.06. The second kappa shape index (κ2) is 9.10. The first-order chi connectivity index (χ1) is 8.38. The summed E-state index contributed by atoms with van der Waals surface area (Å²) in [5, 5.41) is 15.0. The first kappa shape index (κ1) is 14.1. The minimum atomic E-state index is 0.763. The summed E-state index contributed by atoms with van der Waals surface area (Å²) in [6.45, 7) is 6.99. The van der Waals surface area contributed by atoms with Crippen LogP contribution in [0.3, 0.4) is 0 Å². The van der Waals surface area contributed by atoms with Crippen LogP contribution in [0.1, 0.15) is 58.2 Å². The van der Waals surface area contributed by atoms with Crippen LogP contribution in [0.15, 0.2) is 0 Å². The third-order valence-corrected chi connectivity index (χ3v) is 2.86. The Balaban J connectivity index is 2.15. The molecule has 1 aromatic rings. The molecule has 0 aliphatic heterocycles. The fourth-order valence-corrected chi connectivity index (χ4v) is 1.80. The maximum Gasteiger partial charge on any atom is 0.165 e. The summed E-state index contributed by atoms with van der Waals surface area (Å²) in [5.41, 5.74) is 0. The van der Waals surface area contributed by atoms with Crippen LogP contribution < -0.4 is 5.32 Å². The molecule has 5 nitrogen and oxygen atoms in total. The summed E-state index contributed by atoms with van der Waals surface area (Å²) in [5.74, 6) is 0.945. The lowest BCUT2D eigenvalue weighted by atomic mass is 10.1. The summed E-state index contributed by atoms with van der Waals surface area (Å²) >= 11 is 0. The Labute approximate surface area is 104 Å². The van der Waals surface area contributed by atoms with Crippen molar-refractivity contribution in [2.45, 2.75) is 65.5 Å². The van der Waals surface area contributed by atoms with Crippen molar-refractivity contribution < 1.29 is 0 Å². The lowest BCUT2D eigenvalue weighted by Gasteiger charge is -2.04. The van der Waals surface area contributed by atoms with E-state index in [9.17, 15) is 0 Å². The number of nitrogens with zero attached hydrogens (tertiary/aromatic N) is 4. The molecule has 0 radical (unpaired) electrons. The molecule has 0 amide bonds. The molecule has 0 spiro atoms. The van der Waals surface area contributed by atoms with Crippen molar-refractivity contribution in [3.05, 3.63) is 5.82 Å². The van der Waals surface area contributed by atoms with E-state index in [1.54, 1.807) is 0 Å². The summed E-state index contributed by atoms with van der Waals surface area (Å²) in [6.07, 6.45) is 7.81. The average molecular weight is 239 g/mol. The first-order valence-corrected chi connectivity index (χ1v) is 6.84. The topological polar surface area (TPSA) is 55.6 Å². The molecule has 1 rings (SSSR count). The van der Waals surface area contributed by atoms with Gasteiger partial charge in [-0.25, -0.2) is 4.68 Å². The highest BCUT2D eigenvalue weighted by atomic mass is 15.5. The van der Waals surface area contributed by atoms with Gasteiger partial charge in [-0.2, -0.15) is 0 Å². The lowest BCUT2D eigenvalue weighted by Crippen LogP contribution is -2.17. The van der Waals surface area contributed by atoms with Crippen molar-refractivity contribution in [1.82, 2.24) is 25.5 Å². The first-order valence-electron chi connectivity index (χ1n) is 6.84. The van der Waals surface area contributed by atoms with Gasteiger partial charge in [-0.3, -0.25) is 0 Å². The van der Waals surface area contributed by atoms with Crippen molar-refractivity contribution in [3.8, 4) is 0 Å². The van der Waals surface area contributed by atoms with Crippen LogP contribution in [0.2, 0.25) is 0 Å². The predicted octanol–water partition coefficient (Wildman–Crippen LogP) is 2.14. The zero-order valence-corrected chi connectivity index (χ0v) is 11.2. The number of aryl methyl sites for hydroxylation is 1. The van der Waals surface area contributed by atoms with Crippen LogP contribution >= 0.6 is 0 Å². The molecular formula is C12H25N5. The van der Waals surface area contributed by atoms with E-state index in [4.69, 9.17) is 0 Å². The molecule has 0 saturated carbocycles. The van der Waals surface area contributed by atoms with Crippen molar-refractivity contribution in [3.63, 3.8) is 0 Å². The molecule has 0 unspecified atom stereocenters. The number of rotatable bonds is 10. The molecule has 5 heteroatoms. The largest absolute Gasteiger partial charge is 0.310 e. The van der Waals surface area contributed by atoms with Crippen LogP contribution in [0.4, 0.5) is 0 Å². The normalized spacial score (nSPS) is 10.9. The van der Waals surface area contributed by atoms with Gasteiger partial charge >= 0.3 is 0 Å². The van der Waals surface area contributed by atoms with Gasteiger partial charge in [0, 0.05) is 6.54 Å². The average Bonchev–Trinajstić information content (AvgIpc) is 2.78. The van der Waals surface area contributed by atoms with Gasteiger partial charge in [0.05, 0.1) is 6.54 Å². The van der Waals surface area contributed by atoms with Crippen molar-refractivity contribution in [2.24, 2.45) is 0 Å². The Kier molecular flexibility index (Phi) is 7.54. The molecule has 0 saturated heterocycles. The molecule has 0 atom stereocenters. The van der Waals surface area contributed by atoms with Gasteiger partial charge in [0.1, 0.15) is 0 Å². The lowest BCUT2D eigenvalue weighted by molar-refractivity contribution is 0.495. The number of tetrazole rings is 1. The van der Waals surface area contributed by atoms with Crippen LogP contribution in [0.25, 0.3) is 0 Å². The summed E-state index contributed by atoms with van der Waals surface area (Å²) in [6, 6.07) is 0. The second-order valence-electron chi connectivity index (χ2n) is 4.37. The predicted molar refractivity (Wildman–Crippen MR) is 68.6 cm³/mol. The van der Waals surface area contributed by atoms with Gasteiger partial charge in [0.25, 0.3) is 0 Å². The van der Waals surface area contributed by atoms with E-state index in [1.807, 2.05) is 4.68 Å². The minimum absolute atomic E-state index is 0.763. The standard InChI is InChI=1S/C12H25N5/c1-3-5-6-7-8-9-10-17-12(11-13-4-2)14-15-16-17/h13H,3-11H2,1-2H3. The fraction of sp³-hybridized carbons (Fsp3) is 0.917. The molecule has 1 heterocycles. The maximum absolute atomic E-state index is 4.02. The van der Waals surface area contributed by atoms with E-state index < -0.39 is 0 Å². The van der Waals surface area contributed by atoms with E-state index in [0.29, 0.717) is 0 Å². The summed E-state index contributed by atoms with van der Waals surface area (Å²) in [7, 11) is 0. The summed E-state index contributed by atoms with van der Waals surface area (Å²) in [4.78, 5) is 0. The highest BCUT2D eigenvalue weighted by molar-refractivity contribution is 4.79. The third kappa shape index (κ3) is 5.77. The molecule has 0 fully saturated rings. The van der Waals surface area contributed by atoms with Gasteiger partial charge in [0.2, 0.25) is 0 Å². The van der Waals surface area contributed by atoms with E-state index in [0.717, 1.165) is 25.5 Å².